The third-order valence-electron chi connectivity index (χ3n) is 1.72. The summed E-state index contributed by atoms with van der Waals surface area (Å²) >= 11 is 8.55. The summed E-state index contributed by atoms with van der Waals surface area (Å²) in [7, 11) is 0. The molecule has 0 aromatic heterocycles. The second-order valence-electron chi connectivity index (χ2n) is 2.77. The Balaban J connectivity index is 3.18. The normalized spacial score (nSPS) is 9.06. The molecule has 0 aliphatic rings. The van der Waals surface area contributed by atoms with E-state index in [4.69, 9.17) is 22.1 Å². The number of allylic oxidation sites excluding steroid dienone is 1. The molecular weight excluding hydrogens is 315 g/mol. The van der Waals surface area contributed by atoms with E-state index in [0.29, 0.717) is 0 Å². The van der Waals surface area contributed by atoms with Crippen molar-refractivity contribution in [2.75, 3.05) is 5.32 Å². The third kappa shape index (κ3) is 2.94. The average molecular weight is 319 g/mol. The van der Waals surface area contributed by atoms with Crippen molar-refractivity contribution in [3.8, 4) is 12.1 Å². The molecule has 0 amide bonds. The molecule has 0 bridgehead atoms. The molecule has 0 radical (unpaired) electrons. The van der Waals surface area contributed by atoms with Crippen LogP contribution in [0.5, 0.6) is 0 Å². The van der Waals surface area contributed by atoms with Crippen LogP contribution in [0.2, 0.25) is 5.02 Å². The number of rotatable bonds is 2. The van der Waals surface area contributed by atoms with Gasteiger partial charge in [-0.05, 0) is 22.0 Å². The number of nitrogens with one attached hydrogen (secondary N) is 1. The lowest BCUT2D eigenvalue weighted by atomic mass is 10.3. The van der Waals surface area contributed by atoms with Crippen LogP contribution in [0.3, 0.4) is 0 Å². The van der Waals surface area contributed by atoms with Crippen LogP contribution < -0.4 is 5.32 Å². The highest BCUT2D eigenvalue weighted by Gasteiger charge is 2.15. The van der Waals surface area contributed by atoms with E-state index in [0.717, 1.165) is 12.3 Å². The van der Waals surface area contributed by atoms with Crippen molar-refractivity contribution in [3.05, 3.63) is 39.0 Å². The highest BCUT2D eigenvalue weighted by Crippen LogP contribution is 2.34. The Kier molecular flexibility index (Phi) is 4.45. The van der Waals surface area contributed by atoms with Gasteiger partial charge in [-0.25, -0.2) is 8.78 Å². The van der Waals surface area contributed by atoms with E-state index in [1.807, 2.05) is 0 Å². The number of nitrogens with zero attached hydrogens (tertiary/aromatic N) is 2. The lowest BCUT2D eigenvalue weighted by Crippen LogP contribution is -1.96. The molecule has 0 atom stereocenters. The van der Waals surface area contributed by atoms with Crippen molar-refractivity contribution in [2.24, 2.45) is 0 Å². The first-order valence-electron chi connectivity index (χ1n) is 4.11. The van der Waals surface area contributed by atoms with Gasteiger partial charge in [-0.1, -0.05) is 11.6 Å². The van der Waals surface area contributed by atoms with Crippen molar-refractivity contribution in [2.45, 2.75) is 0 Å². The van der Waals surface area contributed by atoms with Crippen LogP contribution >= 0.6 is 27.5 Å². The Morgan fingerprint density at radius 3 is 2.53 bits per heavy atom. The van der Waals surface area contributed by atoms with Gasteiger partial charge in [0.15, 0.2) is 11.6 Å². The summed E-state index contributed by atoms with van der Waals surface area (Å²) in [4.78, 5) is 0. The molecule has 0 spiro atoms. The van der Waals surface area contributed by atoms with E-state index in [9.17, 15) is 8.78 Å². The van der Waals surface area contributed by atoms with Crippen LogP contribution in [0.25, 0.3) is 0 Å². The number of hydrogen-bond acceptors (Lipinski definition) is 3. The summed E-state index contributed by atoms with van der Waals surface area (Å²) in [6, 6.07) is 4.08. The first-order valence-corrected chi connectivity index (χ1v) is 5.28. The molecular formula is C10H3BrClF2N3. The Morgan fingerprint density at radius 2 is 2.00 bits per heavy atom. The fourth-order valence-electron chi connectivity index (χ4n) is 0.932. The van der Waals surface area contributed by atoms with Gasteiger partial charge in [0.2, 0.25) is 0 Å². The topological polar surface area (TPSA) is 59.6 Å². The molecule has 0 unspecified atom stereocenters. The fourth-order valence-corrected chi connectivity index (χ4v) is 1.81. The van der Waals surface area contributed by atoms with E-state index in [2.05, 4.69) is 21.2 Å². The van der Waals surface area contributed by atoms with E-state index >= 15 is 0 Å². The highest BCUT2D eigenvalue weighted by molar-refractivity contribution is 9.10. The van der Waals surface area contributed by atoms with Gasteiger partial charge in [-0.2, -0.15) is 10.5 Å². The van der Waals surface area contributed by atoms with E-state index in [-0.39, 0.29) is 15.7 Å². The second-order valence-corrected chi connectivity index (χ2v) is 4.00. The number of nitriles is 2. The molecule has 1 aromatic carbocycles. The van der Waals surface area contributed by atoms with Crippen molar-refractivity contribution in [1.29, 1.82) is 10.5 Å². The monoisotopic (exact) mass is 317 g/mol. The molecule has 1 aromatic rings. The second kappa shape index (κ2) is 5.62. The number of anilines is 1. The molecule has 17 heavy (non-hydrogen) atoms. The summed E-state index contributed by atoms with van der Waals surface area (Å²) < 4.78 is 26.2. The zero-order valence-electron chi connectivity index (χ0n) is 8.06. The van der Waals surface area contributed by atoms with Crippen LogP contribution in [0.4, 0.5) is 14.5 Å². The van der Waals surface area contributed by atoms with Gasteiger partial charge in [0.05, 0.1) is 5.69 Å². The lowest BCUT2D eigenvalue weighted by molar-refractivity contribution is 0.509. The van der Waals surface area contributed by atoms with Crippen LogP contribution in [0, 0.1) is 34.3 Å². The Bertz CT molecular complexity index is 556. The summed E-state index contributed by atoms with van der Waals surface area (Å²) in [6.45, 7) is 0. The summed E-state index contributed by atoms with van der Waals surface area (Å²) in [5.41, 5.74) is -0.189. The first-order chi connectivity index (χ1) is 8.01. The van der Waals surface area contributed by atoms with Crippen molar-refractivity contribution < 1.29 is 8.78 Å². The quantitative estimate of drug-likeness (QED) is 0.513. The number of benzene rings is 1. The van der Waals surface area contributed by atoms with Gasteiger partial charge in [0.1, 0.15) is 22.7 Å². The van der Waals surface area contributed by atoms with Gasteiger partial charge < -0.3 is 5.32 Å². The molecule has 0 saturated carbocycles. The van der Waals surface area contributed by atoms with E-state index in [1.165, 1.54) is 0 Å². The molecule has 1 N–H and O–H groups in total. The fraction of sp³-hybridized carbons (Fsp3) is 0. The van der Waals surface area contributed by atoms with E-state index in [1.54, 1.807) is 12.1 Å². The lowest BCUT2D eigenvalue weighted by Gasteiger charge is -2.08. The van der Waals surface area contributed by atoms with Crippen LogP contribution in [0.1, 0.15) is 0 Å². The van der Waals surface area contributed by atoms with Gasteiger partial charge in [-0.15, -0.1) is 0 Å². The predicted octanol–water partition coefficient (Wildman–Crippen LogP) is 3.72. The molecule has 0 aliphatic carbocycles. The maximum absolute atomic E-state index is 13.1. The summed E-state index contributed by atoms with van der Waals surface area (Å²) in [5, 5.41) is 19.0. The minimum Gasteiger partial charge on any atom is -0.358 e. The zero-order chi connectivity index (χ0) is 13.0. The summed E-state index contributed by atoms with van der Waals surface area (Å²) in [5.74, 6) is -2.31. The van der Waals surface area contributed by atoms with E-state index < -0.39 is 16.7 Å². The van der Waals surface area contributed by atoms with Crippen molar-refractivity contribution in [3.63, 3.8) is 0 Å². The zero-order valence-corrected chi connectivity index (χ0v) is 10.4. The Morgan fingerprint density at radius 1 is 1.41 bits per heavy atom. The maximum Gasteiger partial charge on any atom is 0.179 e. The molecule has 86 valence electrons. The smallest absolute Gasteiger partial charge is 0.179 e. The van der Waals surface area contributed by atoms with Gasteiger partial charge in [0.25, 0.3) is 0 Å². The molecule has 1 rings (SSSR count). The van der Waals surface area contributed by atoms with Crippen LogP contribution in [0.15, 0.2) is 22.3 Å². The number of hydrogen-bond donors (Lipinski definition) is 1. The molecule has 0 saturated heterocycles. The SMILES string of the molecule is N#CC(C#N)=CNc1c(Br)cc(F)c(F)c1Cl. The average Bonchev–Trinajstić information content (AvgIpc) is 2.31. The number of halogens is 4. The predicted molar refractivity (Wildman–Crippen MR) is 62.0 cm³/mol. The summed E-state index contributed by atoms with van der Waals surface area (Å²) in [6.07, 6.45) is 1.04. The van der Waals surface area contributed by atoms with Crippen molar-refractivity contribution >= 4 is 33.2 Å². The van der Waals surface area contributed by atoms with Crippen molar-refractivity contribution in [1.82, 2.24) is 0 Å². The largest absolute Gasteiger partial charge is 0.358 e. The standard InChI is InChI=1S/C10H3BrClF2N3/c11-6-1-7(13)9(14)8(12)10(6)17-4-5(2-15)3-16/h1,4,17H. The van der Waals surface area contributed by atoms with Crippen LogP contribution in [-0.2, 0) is 0 Å². The first kappa shape index (κ1) is 13.4. The molecule has 0 aliphatic heterocycles. The Labute approximate surface area is 109 Å². The Hall–Kier alpha value is -1.63. The van der Waals surface area contributed by atoms with Gasteiger partial charge in [-0.3, -0.25) is 0 Å². The molecule has 0 heterocycles. The molecule has 7 heteroatoms. The highest BCUT2D eigenvalue weighted by atomic mass is 79.9. The molecule has 3 nitrogen and oxygen atoms in total. The van der Waals surface area contributed by atoms with Gasteiger partial charge in [0, 0.05) is 10.7 Å². The maximum atomic E-state index is 13.1. The van der Waals surface area contributed by atoms with Gasteiger partial charge >= 0.3 is 0 Å². The minimum absolute atomic E-state index is 0.0357. The third-order valence-corrected chi connectivity index (χ3v) is 2.70. The minimum atomic E-state index is -1.21. The van der Waals surface area contributed by atoms with Crippen LogP contribution in [-0.4, -0.2) is 0 Å². The molecule has 0 fully saturated rings.